The van der Waals surface area contributed by atoms with E-state index in [1.807, 2.05) is 6.07 Å². The van der Waals surface area contributed by atoms with Crippen LogP contribution in [0.2, 0.25) is 0 Å². The lowest BCUT2D eigenvalue weighted by Crippen LogP contribution is -2.44. The maximum absolute atomic E-state index is 4.92. The van der Waals surface area contributed by atoms with Gasteiger partial charge in [0, 0.05) is 44.7 Å². The maximum Gasteiger partial charge on any atom is 0.133 e. The fourth-order valence-corrected chi connectivity index (χ4v) is 3.60. The number of rotatable bonds is 5. The van der Waals surface area contributed by atoms with E-state index in [4.69, 9.17) is 9.97 Å². The Bertz CT molecular complexity index is 898. The molecule has 4 rings (SSSR count). The van der Waals surface area contributed by atoms with Crippen LogP contribution in [0.1, 0.15) is 22.6 Å². The van der Waals surface area contributed by atoms with Crippen molar-refractivity contribution < 1.29 is 0 Å². The number of aryl methyl sites for hydroxylation is 1. The van der Waals surface area contributed by atoms with Gasteiger partial charge in [0.2, 0.25) is 0 Å². The predicted molar refractivity (Wildman–Crippen MR) is 114 cm³/mol. The standard InChI is InChI=1S/C24H28N4/c1-19-8-10-21(11-9-19)23-17-22(18-28-14-12-27(2)13-15-28)25-24(26-23)16-20-6-4-3-5-7-20/h3-11,17H,12-16,18H2,1-2H3. The first kappa shape index (κ1) is 18.8. The first-order valence-electron chi connectivity index (χ1n) is 10.0. The number of hydrogen-bond acceptors (Lipinski definition) is 4. The molecule has 0 unspecified atom stereocenters. The van der Waals surface area contributed by atoms with Gasteiger partial charge in [-0.3, -0.25) is 4.90 Å². The van der Waals surface area contributed by atoms with Crippen molar-refractivity contribution in [2.75, 3.05) is 33.2 Å². The van der Waals surface area contributed by atoms with Gasteiger partial charge >= 0.3 is 0 Å². The van der Waals surface area contributed by atoms with Gasteiger partial charge in [0.1, 0.15) is 5.82 Å². The summed E-state index contributed by atoms with van der Waals surface area (Å²) in [5.74, 6) is 0.897. The largest absolute Gasteiger partial charge is 0.304 e. The second kappa shape index (κ2) is 8.63. The molecular formula is C24H28N4. The Morgan fingerprint density at radius 3 is 2.29 bits per heavy atom. The molecule has 0 amide bonds. The summed E-state index contributed by atoms with van der Waals surface area (Å²) in [4.78, 5) is 14.7. The third-order valence-electron chi connectivity index (χ3n) is 5.36. The molecule has 0 atom stereocenters. The van der Waals surface area contributed by atoms with Gasteiger partial charge in [-0.05, 0) is 25.6 Å². The van der Waals surface area contributed by atoms with Crippen LogP contribution in [-0.2, 0) is 13.0 Å². The highest BCUT2D eigenvalue weighted by Gasteiger charge is 2.16. The summed E-state index contributed by atoms with van der Waals surface area (Å²) in [5.41, 5.74) is 5.79. The average molecular weight is 373 g/mol. The average Bonchev–Trinajstić information content (AvgIpc) is 2.71. The third-order valence-corrected chi connectivity index (χ3v) is 5.36. The van der Waals surface area contributed by atoms with E-state index in [0.717, 1.165) is 61.9 Å². The molecule has 1 fully saturated rings. The summed E-state index contributed by atoms with van der Waals surface area (Å²) in [6.07, 6.45) is 0.760. The normalized spacial score (nSPS) is 15.6. The minimum Gasteiger partial charge on any atom is -0.304 e. The van der Waals surface area contributed by atoms with Gasteiger partial charge in [0.15, 0.2) is 0 Å². The van der Waals surface area contributed by atoms with Gasteiger partial charge < -0.3 is 4.90 Å². The van der Waals surface area contributed by atoms with E-state index in [2.05, 4.69) is 78.4 Å². The van der Waals surface area contributed by atoms with Crippen LogP contribution in [0, 0.1) is 6.92 Å². The minimum absolute atomic E-state index is 0.760. The highest BCUT2D eigenvalue weighted by molar-refractivity contribution is 5.59. The molecule has 2 heterocycles. The van der Waals surface area contributed by atoms with E-state index >= 15 is 0 Å². The van der Waals surface area contributed by atoms with Crippen LogP contribution < -0.4 is 0 Å². The molecule has 2 aromatic carbocycles. The van der Waals surface area contributed by atoms with E-state index in [1.54, 1.807) is 0 Å². The molecular weight excluding hydrogens is 344 g/mol. The summed E-state index contributed by atoms with van der Waals surface area (Å²) >= 11 is 0. The number of likely N-dealkylation sites (N-methyl/N-ethyl adjacent to an activating group) is 1. The van der Waals surface area contributed by atoms with Gasteiger partial charge in [-0.2, -0.15) is 0 Å². The molecule has 4 nitrogen and oxygen atoms in total. The SMILES string of the molecule is Cc1ccc(-c2cc(CN3CCN(C)CC3)nc(Cc3ccccc3)n2)cc1. The molecule has 0 bridgehead atoms. The fourth-order valence-electron chi connectivity index (χ4n) is 3.60. The van der Waals surface area contributed by atoms with E-state index in [0.29, 0.717) is 0 Å². The van der Waals surface area contributed by atoms with Gasteiger partial charge in [-0.15, -0.1) is 0 Å². The Balaban J connectivity index is 1.63. The Labute approximate surface area is 167 Å². The van der Waals surface area contributed by atoms with Gasteiger partial charge in [0.05, 0.1) is 11.4 Å². The van der Waals surface area contributed by atoms with E-state index in [-0.39, 0.29) is 0 Å². The summed E-state index contributed by atoms with van der Waals surface area (Å²) in [7, 11) is 2.19. The number of aromatic nitrogens is 2. The predicted octanol–water partition coefficient (Wildman–Crippen LogP) is 3.79. The van der Waals surface area contributed by atoms with E-state index < -0.39 is 0 Å². The van der Waals surface area contributed by atoms with Crippen LogP contribution >= 0.6 is 0 Å². The van der Waals surface area contributed by atoms with Crippen molar-refractivity contribution in [2.24, 2.45) is 0 Å². The molecule has 1 saturated heterocycles. The number of nitrogens with zero attached hydrogens (tertiary/aromatic N) is 4. The molecule has 1 aromatic heterocycles. The van der Waals surface area contributed by atoms with Crippen molar-refractivity contribution >= 4 is 0 Å². The van der Waals surface area contributed by atoms with Crippen LogP contribution in [0.3, 0.4) is 0 Å². The summed E-state index contributed by atoms with van der Waals surface area (Å²) < 4.78 is 0. The molecule has 3 aromatic rings. The number of benzene rings is 2. The molecule has 0 aliphatic carbocycles. The Morgan fingerprint density at radius 2 is 1.57 bits per heavy atom. The van der Waals surface area contributed by atoms with Crippen molar-refractivity contribution in [1.29, 1.82) is 0 Å². The highest BCUT2D eigenvalue weighted by atomic mass is 15.2. The molecule has 0 saturated carbocycles. The van der Waals surface area contributed by atoms with Crippen molar-refractivity contribution in [3.8, 4) is 11.3 Å². The first-order chi connectivity index (χ1) is 13.7. The molecule has 144 valence electrons. The smallest absolute Gasteiger partial charge is 0.133 e. The summed E-state index contributed by atoms with van der Waals surface area (Å²) in [6, 6.07) is 21.2. The molecule has 1 aliphatic heterocycles. The summed E-state index contributed by atoms with van der Waals surface area (Å²) in [6.45, 7) is 7.42. The monoisotopic (exact) mass is 372 g/mol. The van der Waals surface area contributed by atoms with Crippen LogP contribution in [0.25, 0.3) is 11.3 Å². The Kier molecular flexibility index (Phi) is 5.79. The minimum atomic E-state index is 0.760. The quantitative estimate of drug-likeness (QED) is 0.682. The lowest BCUT2D eigenvalue weighted by atomic mass is 10.1. The number of hydrogen-bond donors (Lipinski definition) is 0. The molecule has 0 spiro atoms. The van der Waals surface area contributed by atoms with Crippen molar-refractivity contribution in [1.82, 2.24) is 19.8 Å². The van der Waals surface area contributed by atoms with Gasteiger partial charge in [-0.1, -0.05) is 60.2 Å². The highest BCUT2D eigenvalue weighted by Crippen LogP contribution is 2.20. The summed E-state index contributed by atoms with van der Waals surface area (Å²) in [5, 5.41) is 0. The first-order valence-corrected chi connectivity index (χ1v) is 10.0. The van der Waals surface area contributed by atoms with Crippen molar-refractivity contribution in [2.45, 2.75) is 19.9 Å². The zero-order chi connectivity index (χ0) is 19.3. The molecule has 4 heteroatoms. The van der Waals surface area contributed by atoms with Crippen LogP contribution in [0.15, 0.2) is 60.7 Å². The van der Waals surface area contributed by atoms with E-state index in [1.165, 1.54) is 11.1 Å². The molecule has 0 N–H and O–H groups in total. The third kappa shape index (κ3) is 4.83. The van der Waals surface area contributed by atoms with Crippen LogP contribution in [-0.4, -0.2) is 53.0 Å². The molecule has 0 radical (unpaired) electrons. The lowest BCUT2D eigenvalue weighted by molar-refractivity contribution is 0.147. The Morgan fingerprint density at radius 1 is 0.857 bits per heavy atom. The van der Waals surface area contributed by atoms with Crippen molar-refractivity contribution in [3.05, 3.63) is 83.3 Å². The second-order valence-corrected chi connectivity index (χ2v) is 7.77. The topological polar surface area (TPSA) is 32.3 Å². The zero-order valence-electron chi connectivity index (χ0n) is 16.8. The Hall–Kier alpha value is -2.56. The molecule has 1 aliphatic rings. The van der Waals surface area contributed by atoms with Crippen LogP contribution in [0.5, 0.6) is 0 Å². The molecule has 28 heavy (non-hydrogen) atoms. The number of piperazine rings is 1. The second-order valence-electron chi connectivity index (χ2n) is 7.77. The van der Waals surface area contributed by atoms with Gasteiger partial charge in [-0.25, -0.2) is 9.97 Å². The zero-order valence-corrected chi connectivity index (χ0v) is 16.8. The van der Waals surface area contributed by atoms with Crippen molar-refractivity contribution in [3.63, 3.8) is 0 Å². The van der Waals surface area contributed by atoms with E-state index in [9.17, 15) is 0 Å². The van der Waals surface area contributed by atoms with Crippen LogP contribution in [0.4, 0.5) is 0 Å². The maximum atomic E-state index is 4.92. The lowest BCUT2D eigenvalue weighted by Gasteiger charge is -2.32. The van der Waals surface area contributed by atoms with Gasteiger partial charge in [0.25, 0.3) is 0 Å². The fraction of sp³-hybridized carbons (Fsp3) is 0.333.